The standard InChI is InChI=1S/C26H33N3O3.C2H6/c1-28(26(31)27-22-10-6-7-11-22)17-25(30)29-16-23(24(29)18-32-2)21-14-12-20(13-15-21)19-8-4-3-5-9-19;1-2/h3-5,8-9,12-15,22-24H,6-7,10-11,16-18H2,1-2H3,(H,27,31);1-2H3. The van der Waals surface area contributed by atoms with E-state index in [0.29, 0.717) is 13.2 Å². The number of amides is 3. The van der Waals surface area contributed by atoms with Crippen molar-refractivity contribution in [2.24, 2.45) is 0 Å². The van der Waals surface area contributed by atoms with Gasteiger partial charge in [-0.25, -0.2) is 4.79 Å². The van der Waals surface area contributed by atoms with Crippen molar-refractivity contribution in [3.8, 4) is 11.1 Å². The number of methoxy groups -OCH3 is 1. The number of nitrogens with one attached hydrogen (secondary N) is 1. The van der Waals surface area contributed by atoms with Crippen LogP contribution in [-0.2, 0) is 9.53 Å². The summed E-state index contributed by atoms with van der Waals surface area (Å²) in [5.41, 5.74) is 3.58. The Morgan fingerprint density at radius 1 is 1.00 bits per heavy atom. The molecule has 1 N–H and O–H groups in total. The summed E-state index contributed by atoms with van der Waals surface area (Å²) in [6.07, 6.45) is 4.38. The Morgan fingerprint density at radius 3 is 2.24 bits per heavy atom. The van der Waals surface area contributed by atoms with Crippen LogP contribution in [0, 0.1) is 0 Å². The molecule has 2 atom stereocenters. The fourth-order valence-corrected chi connectivity index (χ4v) is 4.81. The molecule has 1 saturated heterocycles. The highest BCUT2D eigenvalue weighted by molar-refractivity contribution is 5.85. The number of likely N-dealkylation sites (tertiary alicyclic amines) is 1. The highest BCUT2D eigenvalue weighted by Crippen LogP contribution is 2.35. The maximum Gasteiger partial charge on any atom is 0.317 e. The Hall–Kier alpha value is -2.86. The first-order valence-corrected chi connectivity index (χ1v) is 12.5. The predicted octanol–water partition coefficient (Wildman–Crippen LogP) is 4.90. The lowest BCUT2D eigenvalue weighted by molar-refractivity contribution is -0.143. The third-order valence-corrected chi connectivity index (χ3v) is 6.76. The average molecular weight is 466 g/mol. The van der Waals surface area contributed by atoms with E-state index in [-0.39, 0.29) is 36.5 Å². The van der Waals surface area contributed by atoms with Crippen molar-refractivity contribution >= 4 is 11.9 Å². The number of hydrogen-bond donors (Lipinski definition) is 1. The molecule has 0 bridgehead atoms. The molecule has 3 amide bonds. The number of hydrogen-bond acceptors (Lipinski definition) is 3. The molecule has 6 heteroatoms. The molecule has 2 unspecified atom stereocenters. The predicted molar refractivity (Wildman–Crippen MR) is 137 cm³/mol. The second-order valence-electron chi connectivity index (χ2n) is 8.95. The lowest BCUT2D eigenvalue weighted by atomic mass is 9.82. The minimum absolute atomic E-state index is 0.0126. The van der Waals surface area contributed by atoms with Crippen molar-refractivity contribution in [3.63, 3.8) is 0 Å². The van der Waals surface area contributed by atoms with E-state index in [0.717, 1.165) is 25.7 Å². The lowest BCUT2D eigenvalue weighted by Crippen LogP contribution is -2.61. The van der Waals surface area contributed by atoms with E-state index in [4.69, 9.17) is 4.74 Å². The molecule has 0 aromatic heterocycles. The normalized spacial score (nSPS) is 19.6. The van der Waals surface area contributed by atoms with Crippen LogP contribution >= 0.6 is 0 Å². The zero-order valence-electron chi connectivity index (χ0n) is 21.0. The molecule has 1 aliphatic heterocycles. The van der Waals surface area contributed by atoms with Gasteiger partial charge in [0.1, 0.15) is 6.54 Å². The molecule has 4 rings (SSSR count). The summed E-state index contributed by atoms with van der Waals surface area (Å²) in [5.74, 6) is 0.203. The molecule has 184 valence electrons. The number of urea groups is 1. The number of nitrogens with zero attached hydrogens (tertiary/aromatic N) is 2. The van der Waals surface area contributed by atoms with Crippen LogP contribution in [0.15, 0.2) is 54.6 Å². The molecule has 34 heavy (non-hydrogen) atoms. The van der Waals surface area contributed by atoms with Crippen molar-refractivity contribution in [1.29, 1.82) is 0 Å². The molecule has 0 spiro atoms. The molecular formula is C28H39N3O3. The third-order valence-electron chi connectivity index (χ3n) is 6.76. The van der Waals surface area contributed by atoms with Crippen LogP contribution in [0.25, 0.3) is 11.1 Å². The zero-order chi connectivity index (χ0) is 24.5. The van der Waals surface area contributed by atoms with Crippen molar-refractivity contribution in [2.75, 3.05) is 33.9 Å². The van der Waals surface area contributed by atoms with Crippen molar-refractivity contribution in [1.82, 2.24) is 15.1 Å². The van der Waals surface area contributed by atoms with E-state index in [1.165, 1.54) is 21.6 Å². The van der Waals surface area contributed by atoms with Crippen LogP contribution < -0.4 is 5.32 Å². The average Bonchev–Trinajstić information content (AvgIpc) is 3.37. The van der Waals surface area contributed by atoms with Gasteiger partial charge in [0.2, 0.25) is 5.91 Å². The zero-order valence-corrected chi connectivity index (χ0v) is 21.0. The first kappa shape index (κ1) is 25.8. The molecule has 2 aromatic carbocycles. The van der Waals surface area contributed by atoms with E-state index in [2.05, 4.69) is 41.7 Å². The van der Waals surface area contributed by atoms with Crippen molar-refractivity contribution < 1.29 is 14.3 Å². The smallest absolute Gasteiger partial charge is 0.317 e. The molecule has 6 nitrogen and oxygen atoms in total. The summed E-state index contributed by atoms with van der Waals surface area (Å²) in [6, 6.07) is 19.0. The summed E-state index contributed by atoms with van der Waals surface area (Å²) >= 11 is 0. The fourth-order valence-electron chi connectivity index (χ4n) is 4.81. The van der Waals surface area contributed by atoms with Gasteiger partial charge in [-0.3, -0.25) is 4.79 Å². The number of likely N-dealkylation sites (N-methyl/N-ethyl adjacent to an activating group) is 1. The van der Waals surface area contributed by atoms with Crippen LogP contribution in [-0.4, -0.2) is 67.7 Å². The van der Waals surface area contributed by atoms with E-state index in [1.54, 1.807) is 14.2 Å². The summed E-state index contributed by atoms with van der Waals surface area (Å²) in [7, 11) is 3.35. The van der Waals surface area contributed by atoms with Gasteiger partial charge in [-0.2, -0.15) is 0 Å². The van der Waals surface area contributed by atoms with Crippen LogP contribution in [0.3, 0.4) is 0 Å². The molecule has 1 saturated carbocycles. The maximum absolute atomic E-state index is 12.9. The van der Waals surface area contributed by atoms with Crippen molar-refractivity contribution in [3.05, 3.63) is 60.2 Å². The molecule has 1 aliphatic carbocycles. The summed E-state index contributed by atoms with van der Waals surface area (Å²) in [4.78, 5) is 28.7. The van der Waals surface area contributed by atoms with Crippen LogP contribution in [0.5, 0.6) is 0 Å². The topological polar surface area (TPSA) is 61.9 Å². The Balaban J connectivity index is 0.00000158. The summed E-state index contributed by atoms with van der Waals surface area (Å²) in [5, 5.41) is 3.04. The highest BCUT2D eigenvalue weighted by Gasteiger charge is 2.42. The fraction of sp³-hybridized carbons (Fsp3) is 0.500. The molecule has 2 aliphatic rings. The van der Waals surface area contributed by atoms with Gasteiger partial charge in [0.05, 0.1) is 12.6 Å². The van der Waals surface area contributed by atoms with Crippen molar-refractivity contribution in [2.45, 2.75) is 57.5 Å². The number of ether oxygens (including phenoxy) is 1. The Morgan fingerprint density at radius 2 is 1.62 bits per heavy atom. The number of rotatable bonds is 7. The van der Waals surface area contributed by atoms with Gasteiger partial charge in [0, 0.05) is 32.7 Å². The minimum Gasteiger partial charge on any atom is -0.383 e. The third kappa shape index (κ3) is 6.17. The van der Waals surface area contributed by atoms with Crippen LogP contribution in [0.4, 0.5) is 4.79 Å². The number of carbonyl (C=O) groups is 2. The van der Waals surface area contributed by atoms with Gasteiger partial charge >= 0.3 is 6.03 Å². The van der Waals surface area contributed by atoms with Gasteiger partial charge < -0.3 is 19.9 Å². The molecule has 2 fully saturated rings. The summed E-state index contributed by atoms with van der Waals surface area (Å²) in [6.45, 7) is 5.21. The molecule has 1 heterocycles. The largest absolute Gasteiger partial charge is 0.383 e. The van der Waals surface area contributed by atoms with E-state index in [9.17, 15) is 9.59 Å². The van der Waals surface area contributed by atoms with Gasteiger partial charge in [0.15, 0.2) is 0 Å². The Kier molecular flexibility index (Phi) is 9.52. The van der Waals surface area contributed by atoms with Gasteiger partial charge in [-0.05, 0) is 29.5 Å². The second kappa shape index (κ2) is 12.6. The van der Waals surface area contributed by atoms with E-state index < -0.39 is 0 Å². The minimum atomic E-state index is -0.165. The monoisotopic (exact) mass is 465 g/mol. The molecule has 0 radical (unpaired) electrons. The van der Waals surface area contributed by atoms with E-state index in [1.807, 2.05) is 36.9 Å². The number of carbonyl (C=O) groups excluding carboxylic acids is 2. The van der Waals surface area contributed by atoms with Gasteiger partial charge in [-0.15, -0.1) is 0 Å². The number of benzene rings is 2. The molecule has 2 aromatic rings. The maximum atomic E-state index is 12.9. The van der Waals surface area contributed by atoms with Gasteiger partial charge in [0.25, 0.3) is 0 Å². The summed E-state index contributed by atoms with van der Waals surface area (Å²) < 4.78 is 5.43. The van der Waals surface area contributed by atoms with Crippen LogP contribution in [0.2, 0.25) is 0 Å². The first-order chi connectivity index (χ1) is 16.6. The first-order valence-electron chi connectivity index (χ1n) is 12.5. The molecular weight excluding hydrogens is 426 g/mol. The SMILES string of the molecule is CC.COCC1C(c2ccc(-c3ccccc3)cc2)CN1C(=O)CN(C)C(=O)NC1CCCC1. The lowest BCUT2D eigenvalue weighted by Gasteiger charge is -2.48. The highest BCUT2D eigenvalue weighted by atomic mass is 16.5. The Labute approximate surface area is 204 Å². The Bertz CT molecular complexity index is 910. The quantitative estimate of drug-likeness (QED) is 0.632. The second-order valence-corrected chi connectivity index (χ2v) is 8.95. The van der Waals surface area contributed by atoms with Crippen LogP contribution in [0.1, 0.15) is 51.0 Å². The van der Waals surface area contributed by atoms with E-state index >= 15 is 0 Å². The van der Waals surface area contributed by atoms with Gasteiger partial charge in [-0.1, -0.05) is 81.3 Å².